The molecule has 1 unspecified atom stereocenters. The average Bonchev–Trinajstić information content (AvgIpc) is 2.99. The maximum atomic E-state index is 12.2. The molecule has 3 rings (SSSR count). The van der Waals surface area contributed by atoms with E-state index in [-0.39, 0.29) is 18.0 Å². The van der Waals surface area contributed by atoms with Gasteiger partial charge in [0.05, 0.1) is 6.42 Å². The Morgan fingerprint density at radius 3 is 2.61 bits per heavy atom. The topological polar surface area (TPSA) is 63.6 Å². The van der Waals surface area contributed by atoms with Crippen LogP contribution >= 0.6 is 0 Å². The second kappa shape index (κ2) is 8.25. The highest BCUT2D eigenvalue weighted by Gasteiger charge is 2.30. The first-order valence-electron chi connectivity index (χ1n) is 7.56. The van der Waals surface area contributed by atoms with Gasteiger partial charge in [-0.05, 0) is 12.8 Å². The van der Waals surface area contributed by atoms with E-state index in [0.29, 0.717) is 11.3 Å². The van der Waals surface area contributed by atoms with Gasteiger partial charge in [0.15, 0.2) is 17.7 Å². The zero-order valence-electron chi connectivity index (χ0n) is 13.1. The molecule has 1 heterocycles. The molecule has 0 aromatic heterocycles. The van der Waals surface area contributed by atoms with E-state index in [1.165, 1.54) is 6.08 Å². The Labute approximate surface area is 135 Å². The molecule has 1 atom stereocenters. The lowest BCUT2D eigenvalue weighted by molar-refractivity contribution is -0.125. The van der Waals surface area contributed by atoms with Crippen LogP contribution in [-0.2, 0) is 14.3 Å². The van der Waals surface area contributed by atoms with Crippen molar-refractivity contribution in [2.45, 2.75) is 25.4 Å². The number of carbonyl (C=O) groups is 2. The summed E-state index contributed by atoms with van der Waals surface area (Å²) in [5, 5.41) is 7.00. The van der Waals surface area contributed by atoms with Gasteiger partial charge in [-0.15, -0.1) is 0 Å². The number of ketones is 2. The number of allylic oxidation sites excluding steroid dienone is 4. The number of ether oxygens (including phenoxy) is 1. The largest absolute Gasteiger partial charge is 0.481 e. The summed E-state index contributed by atoms with van der Waals surface area (Å²) in [5.41, 5.74) is 1.54. The molecule has 1 aromatic rings. The van der Waals surface area contributed by atoms with E-state index in [0.717, 1.165) is 25.5 Å². The molecule has 0 fully saturated rings. The molecule has 2 aliphatic rings. The van der Waals surface area contributed by atoms with E-state index < -0.39 is 6.10 Å². The highest BCUT2D eigenvalue weighted by atomic mass is 16.5. The standard InChI is InChI=1S/C18H16O3.CH4O/c19-15(13-7-3-1-4-8-13)11-18-16(20)12-17(21-18)14-9-5-2-6-10-14;1-2/h2-3,5-10,12,18H,1,4,11H2;2H,1H3. The van der Waals surface area contributed by atoms with Crippen molar-refractivity contribution in [1.82, 2.24) is 0 Å². The molecule has 1 N–H and O–H groups in total. The number of carbonyl (C=O) groups excluding carboxylic acids is 2. The summed E-state index contributed by atoms with van der Waals surface area (Å²) >= 11 is 0. The molecule has 23 heavy (non-hydrogen) atoms. The van der Waals surface area contributed by atoms with Gasteiger partial charge in [-0.1, -0.05) is 48.6 Å². The highest BCUT2D eigenvalue weighted by Crippen LogP contribution is 2.26. The zero-order chi connectivity index (χ0) is 16.7. The third kappa shape index (κ3) is 4.27. The first-order chi connectivity index (χ1) is 11.2. The van der Waals surface area contributed by atoms with Crippen molar-refractivity contribution in [3.63, 3.8) is 0 Å². The van der Waals surface area contributed by atoms with Gasteiger partial charge in [0.25, 0.3) is 0 Å². The smallest absolute Gasteiger partial charge is 0.200 e. The Morgan fingerprint density at radius 2 is 1.96 bits per heavy atom. The molecule has 0 saturated carbocycles. The first kappa shape index (κ1) is 16.9. The Balaban J connectivity index is 0.000000924. The fraction of sp³-hybridized carbons (Fsp3) is 0.263. The summed E-state index contributed by atoms with van der Waals surface area (Å²) in [6.45, 7) is 0. The summed E-state index contributed by atoms with van der Waals surface area (Å²) in [5.74, 6) is 0.376. The summed E-state index contributed by atoms with van der Waals surface area (Å²) in [4.78, 5) is 24.2. The van der Waals surface area contributed by atoms with Crippen molar-refractivity contribution < 1.29 is 19.4 Å². The van der Waals surface area contributed by atoms with Gasteiger partial charge in [0.2, 0.25) is 0 Å². The van der Waals surface area contributed by atoms with Crippen LogP contribution in [0.4, 0.5) is 0 Å². The van der Waals surface area contributed by atoms with Crippen LogP contribution in [0.5, 0.6) is 0 Å². The Kier molecular flexibility index (Phi) is 6.06. The third-order valence-electron chi connectivity index (χ3n) is 3.61. The molecule has 4 nitrogen and oxygen atoms in total. The minimum absolute atomic E-state index is 0.0352. The van der Waals surface area contributed by atoms with Gasteiger partial charge in [-0.2, -0.15) is 0 Å². The highest BCUT2D eigenvalue weighted by molar-refractivity contribution is 6.07. The van der Waals surface area contributed by atoms with Gasteiger partial charge < -0.3 is 9.84 Å². The van der Waals surface area contributed by atoms with Crippen molar-refractivity contribution in [1.29, 1.82) is 0 Å². The van der Waals surface area contributed by atoms with Crippen LogP contribution in [0.15, 0.2) is 60.2 Å². The zero-order valence-corrected chi connectivity index (χ0v) is 13.1. The van der Waals surface area contributed by atoms with E-state index in [1.807, 2.05) is 48.6 Å². The molecule has 0 radical (unpaired) electrons. The normalized spacial score (nSPS) is 19.2. The summed E-state index contributed by atoms with van der Waals surface area (Å²) in [6, 6.07) is 9.45. The molecule has 0 bridgehead atoms. The maximum absolute atomic E-state index is 12.2. The Hall–Kier alpha value is -2.46. The number of rotatable bonds is 4. The molecule has 1 aromatic carbocycles. The Morgan fingerprint density at radius 1 is 1.22 bits per heavy atom. The fourth-order valence-electron chi connectivity index (χ4n) is 2.47. The number of aliphatic hydroxyl groups excluding tert-OH is 1. The van der Waals surface area contributed by atoms with Gasteiger partial charge in [-0.25, -0.2) is 0 Å². The second-order valence-electron chi connectivity index (χ2n) is 5.15. The number of benzene rings is 1. The maximum Gasteiger partial charge on any atom is 0.200 e. The van der Waals surface area contributed by atoms with Crippen molar-refractivity contribution in [2.75, 3.05) is 7.11 Å². The molecular formula is C19H20O4. The van der Waals surface area contributed by atoms with Crippen molar-refractivity contribution >= 4 is 17.3 Å². The monoisotopic (exact) mass is 312 g/mol. The summed E-state index contributed by atoms with van der Waals surface area (Å²) in [7, 11) is 1.00. The predicted octanol–water partition coefficient (Wildman–Crippen LogP) is 2.84. The SMILES string of the molecule is CO.O=C(CC1OC(c2ccccc2)=CC1=O)C1=CCCC=C1. The predicted molar refractivity (Wildman–Crippen MR) is 88.5 cm³/mol. The van der Waals surface area contributed by atoms with Gasteiger partial charge >= 0.3 is 0 Å². The van der Waals surface area contributed by atoms with E-state index in [1.54, 1.807) is 0 Å². The quantitative estimate of drug-likeness (QED) is 0.928. The van der Waals surface area contributed by atoms with E-state index in [4.69, 9.17) is 9.84 Å². The van der Waals surface area contributed by atoms with Crippen LogP contribution < -0.4 is 0 Å². The lowest BCUT2D eigenvalue weighted by atomic mass is 9.98. The number of aliphatic hydroxyl groups is 1. The van der Waals surface area contributed by atoms with Crippen LogP contribution in [0.2, 0.25) is 0 Å². The summed E-state index contributed by atoms with van der Waals surface area (Å²) in [6.07, 6.45) is 8.48. The molecule has 0 amide bonds. The molecule has 4 heteroatoms. The van der Waals surface area contributed by atoms with Crippen LogP contribution in [0.1, 0.15) is 24.8 Å². The molecule has 0 saturated heterocycles. The minimum Gasteiger partial charge on any atom is -0.481 e. The fourth-order valence-corrected chi connectivity index (χ4v) is 2.47. The first-order valence-corrected chi connectivity index (χ1v) is 7.56. The van der Waals surface area contributed by atoms with Crippen LogP contribution in [0, 0.1) is 0 Å². The minimum atomic E-state index is -0.691. The number of hydrogen-bond donors (Lipinski definition) is 1. The van der Waals surface area contributed by atoms with Gasteiger partial charge in [0, 0.05) is 24.3 Å². The lowest BCUT2D eigenvalue weighted by Crippen LogP contribution is -2.21. The van der Waals surface area contributed by atoms with Crippen LogP contribution in [-0.4, -0.2) is 29.9 Å². The Bertz CT molecular complexity index is 653. The third-order valence-corrected chi connectivity index (χ3v) is 3.61. The van der Waals surface area contributed by atoms with E-state index >= 15 is 0 Å². The van der Waals surface area contributed by atoms with E-state index in [9.17, 15) is 9.59 Å². The van der Waals surface area contributed by atoms with E-state index in [2.05, 4.69) is 0 Å². The van der Waals surface area contributed by atoms with Gasteiger partial charge in [0.1, 0.15) is 5.76 Å². The van der Waals surface area contributed by atoms with Crippen LogP contribution in [0.3, 0.4) is 0 Å². The van der Waals surface area contributed by atoms with Crippen molar-refractivity contribution in [2.24, 2.45) is 0 Å². The molecule has 120 valence electrons. The number of Topliss-reactive ketones (excluding diaryl/α,β-unsaturated/α-hetero) is 1. The van der Waals surface area contributed by atoms with Crippen LogP contribution in [0.25, 0.3) is 5.76 Å². The molecule has 0 spiro atoms. The molecule has 1 aliphatic heterocycles. The molecular weight excluding hydrogens is 292 g/mol. The second-order valence-corrected chi connectivity index (χ2v) is 5.15. The summed E-state index contributed by atoms with van der Waals surface area (Å²) < 4.78 is 5.66. The lowest BCUT2D eigenvalue weighted by Gasteiger charge is -2.12. The average molecular weight is 312 g/mol. The van der Waals surface area contributed by atoms with Crippen molar-refractivity contribution in [3.05, 3.63) is 65.8 Å². The number of hydrogen-bond acceptors (Lipinski definition) is 4. The van der Waals surface area contributed by atoms with Gasteiger partial charge in [-0.3, -0.25) is 9.59 Å². The molecule has 1 aliphatic carbocycles. The van der Waals surface area contributed by atoms with Crippen molar-refractivity contribution in [3.8, 4) is 0 Å².